The van der Waals surface area contributed by atoms with Crippen molar-refractivity contribution in [3.63, 3.8) is 0 Å². The molecule has 0 heterocycles. The van der Waals surface area contributed by atoms with Crippen LogP contribution in [0.5, 0.6) is 5.75 Å². The molecule has 1 unspecified atom stereocenters. The fourth-order valence-corrected chi connectivity index (χ4v) is 2.78. The predicted molar refractivity (Wildman–Crippen MR) is 82.5 cm³/mol. The molecule has 0 aliphatic rings. The molecule has 2 N–H and O–H groups in total. The van der Waals surface area contributed by atoms with Crippen LogP contribution in [0.3, 0.4) is 0 Å². The number of hydrogen-bond donors (Lipinski definition) is 1. The fourth-order valence-electron chi connectivity index (χ4n) is 2.19. The molecule has 0 fully saturated rings. The maximum absolute atomic E-state index is 13.4. The zero-order chi connectivity index (χ0) is 14.7. The topological polar surface area (TPSA) is 35.2 Å². The molecule has 106 valence electrons. The molecule has 0 aliphatic heterocycles. The van der Waals surface area contributed by atoms with Crippen molar-refractivity contribution in [3.05, 3.63) is 63.4 Å². The van der Waals surface area contributed by atoms with E-state index in [1.807, 2.05) is 31.2 Å². The number of benzene rings is 2. The van der Waals surface area contributed by atoms with E-state index in [2.05, 4.69) is 15.9 Å². The highest BCUT2D eigenvalue weighted by Crippen LogP contribution is 2.27. The minimum atomic E-state index is -0.244. The van der Waals surface area contributed by atoms with Crippen molar-refractivity contribution in [1.82, 2.24) is 0 Å². The summed E-state index contributed by atoms with van der Waals surface area (Å²) in [6.07, 6.45) is 0.644. The highest BCUT2D eigenvalue weighted by atomic mass is 79.9. The summed E-state index contributed by atoms with van der Waals surface area (Å²) in [5.74, 6) is 0.537. The number of rotatable bonds is 4. The summed E-state index contributed by atoms with van der Waals surface area (Å²) in [6, 6.07) is 10.5. The van der Waals surface area contributed by atoms with Crippen molar-refractivity contribution in [1.29, 1.82) is 0 Å². The summed E-state index contributed by atoms with van der Waals surface area (Å²) in [4.78, 5) is 0. The van der Waals surface area contributed by atoms with E-state index in [1.165, 1.54) is 12.1 Å². The Hall–Kier alpha value is -1.39. The molecule has 2 nitrogen and oxygen atoms in total. The summed E-state index contributed by atoms with van der Waals surface area (Å²) in [6.45, 7) is 1.86. The summed E-state index contributed by atoms with van der Waals surface area (Å²) >= 11 is 3.45. The van der Waals surface area contributed by atoms with Crippen molar-refractivity contribution >= 4 is 15.9 Å². The molecule has 4 heteroatoms. The summed E-state index contributed by atoms with van der Waals surface area (Å²) < 4.78 is 19.5. The lowest BCUT2D eigenvalue weighted by Crippen LogP contribution is -2.14. The molecule has 2 aromatic rings. The highest BCUT2D eigenvalue weighted by Gasteiger charge is 2.10. The van der Waals surface area contributed by atoms with Crippen molar-refractivity contribution in [3.8, 4) is 5.75 Å². The molecule has 0 radical (unpaired) electrons. The Bertz CT molecular complexity index is 595. The third-order valence-electron chi connectivity index (χ3n) is 3.16. The maximum atomic E-state index is 13.4. The summed E-state index contributed by atoms with van der Waals surface area (Å²) in [7, 11) is 1.63. The van der Waals surface area contributed by atoms with Gasteiger partial charge in [0.25, 0.3) is 0 Å². The molecule has 2 rings (SSSR count). The number of aryl methyl sites for hydroxylation is 1. The van der Waals surface area contributed by atoms with Gasteiger partial charge >= 0.3 is 0 Å². The molecule has 20 heavy (non-hydrogen) atoms. The van der Waals surface area contributed by atoms with E-state index in [9.17, 15) is 4.39 Å². The van der Waals surface area contributed by atoms with Gasteiger partial charge in [0.05, 0.1) is 11.6 Å². The van der Waals surface area contributed by atoms with Crippen LogP contribution >= 0.6 is 15.9 Å². The van der Waals surface area contributed by atoms with Crippen LogP contribution in [0.4, 0.5) is 4.39 Å². The number of halogens is 2. The Kier molecular flexibility index (Phi) is 4.78. The fraction of sp³-hybridized carbons (Fsp3) is 0.250. The molecule has 0 aromatic heterocycles. The van der Waals surface area contributed by atoms with Gasteiger partial charge in [0.15, 0.2) is 0 Å². The smallest absolute Gasteiger partial charge is 0.133 e. The lowest BCUT2D eigenvalue weighted by Gasteiger charge is -2.14. The van der Waals surface area contributed by atoms with Gasteiger partial charge in [-0.15, -0.1) is 0 Å². The molecule has 0 saturated heterocycles. The van der Waals surface area contributed by atoms with Crippen LogP contribution in [0.25, 0.3) is 0 Å². The standard InChI is InChI=1S/C16H17BrFNO/c1-10-5-12(9-13(18)6-10)15(19)8-11-3-4-16(20-2)14(17)7-11/h3-7,9,15H,8,19H2,1-2H3. The van der Waals surface area contributed by atoms with Crippen LogP contribution in [0.1, 0.15) is 22.7 Å². The molecule has 0 spiro atoms. The Morgan fingerprint density at radius 2 is 2.00 bits per heavy atom. The van der Waals surface area contributed by atoms with Gasteiger partial charge in [0.1, 0.15) is 11.6 Å². The number of methoxy groups -OCH3 is 1. The third-order valence-corrected chi connectivity index (χ3v) is 3.78. The normalized spacial score (nSPS) is 12.2. The average Bonchev–Trinajstić information content (AvgIpc) is 2.37. The minimum Gasteiger partial charge on any atom is -0.496 e. The SMILES string of the molecule is COc1ccc(CC(N)c2cc(C)cc(F)c2)cc1Br. The predicted octanol–water partition coefficient (Wildman–Crippen LogP) is 4.15. The molecular formula is C16H17BrFNO. The number of ether oxygens (including phenoxy) is 1. The van der Waals surface area contributed by atoms with Gasteiger partial charge in [-0.05, 0) is 70.2 Å². The van der Waals surface area contributed by atoms with E-state index < -0.39 is 0 Å². The first-order valence-electron chi connectivity index (χ1n) is 6.34. The molecular weight excluding hydrogens is 321 g/mol. The molecule has 1 atom stereocenters. The van der Waals surface area contributed by atoms with Gasteiger partial charge in [-0.25, -0.2) is 4.39 Å². The highest BCUT2D eigenvalue weighted by molar-refractivity contribution is 9.10. The lowest BCUT2D eigenvalue weighted by molar-refractivity contribution is 0.412. The van der Waals surface area contributed by atoms with Crippen LogP contribution in [0.2, 0.25) is 0 Å². The first kappa shape index (κ1) is 15.0. The van der Waals surface area contributed by atoms with E-state index in [4.69, 9.17) is 10.5 Å². The third kappa shape index (κ3) is 3.58. The second kappa shape index (κ2) is 6.37. The summed E-state index contributed by atoms with van der Waals surface area (Å²) in [5.41, 5.74) is 8.94. The van der Waals surface area contributed by atoms with Gasteiger partial charge in [-0.2, -0.15) is 0 Å². The minimum absolute atomic E-state index is 0.232. The van der Waals surface area contributed by atoms with E-state index in [0.717, 1.165) is 26.9 Å². The van der Waals surface area contributed by atoms with E-state index in [1.54, 1.807) is 7.11 Å². The molecule has 0 bridgehead atoms. The van der Waals surface area contributed by atoms with Crippen LogP contribution in [-0.2, 0) is 6.42 Å². The number of hydrogen-bond acceptors (Lipinski definition) is 2. The lowest BCUT2D eigenvalue weighted by atomic mass is 9.98. The van der Waals surface area contributed by atoms with Gasteiger partial charge < -0.3 is 10.5 Å². The zero-order valence-electron chi connectivity index (χ0n) is 11.5. The van der Waals surface area contributed by atoms with E-state index in [-0.39, 0.29) is 11.9 Å². The van der Waals surface area contributed by atoms with Crippen molar-refractivity contribution in [2.45, 2.75) is 19.4 Å². The first-order valence-corrected chi connectivity index (χ1v) is 7.14. The second-order valence-electron chi connectivity index (χ2n) is 4.84. The zero-order valence-corrected chi connectivity index (χ0v) is 13.1. The van der Waals surface area contributed by atoms with Crippen LogP contribution in [-0.4, -0.2) is 7.11 Å². The van der Waals surface area contributed by atoms with Gasteiger partial charge in [-0.3, -0.25) is 0 Å². The quantitative estimate of drug-likeness (QED) is 0.909. The molecule has 2 aromatic carbocycles. The largest absolute Gasteiger partial charge is 0.496 e. The molecule has 0 saturated carbocycles. The van der Waals surface area contributed by atoms with Gasteiger partial charge in [0, 0.05) is 6.04 Å². The average molecular weight is 338 g/mol. The first-order chi connectivity index (χ1) is 9.49. The van der Waals surface area contributed by atoms with Gasteiger partial charge in [0.2, 0.25) is 0 Å². The Morgan fingerprint density at radius 1 is 1.25 bits per heavy atom. The van der Waals surface area contributed by atoms with Crippen LogP contribution in [0, 0.1) is 12.7 Å². The molecule has 0 aliphatic carbocycles. The van der Waals surface area contributed by atoms with Crippen LogP contribution in [0.15, 0.2) is 40.9 Å². The van der Waals surface area contributed by atoms with Crippen LogP contribution < -0.4 is 10.5 Å². The van der Waals surface area contributed by atoms with Crippen molar-refractivity contribution < 1.29 is 9.13 Å². The van der Waals surface area contributed by atoms with Crippen molar-refractivity contribution in [2.24, 2.45) is 5.73 Å². The van der Waals surface area contributed by atoms with Gasteiger partial charge in [-0.1, -0.05) is 12.1 Å². The van der Waals surface area contributed by atoms with E-state index in [0.29, 0.717) is 6.42 Å². The second-order valence-corrected chi connectivity index (χ2v) is 5.70. The number of nitrogens with two attached hydrogens (primary N) is 1. The molecule has 0 amide bonds. The Balaban J connectivity index is 2.18. The monoisotopic (exact) mass is 337 g/mol. The maximum Gasteiger partial charge on any atom is 0.133 e. The van der Waals surface area contributed by atoms with Crippen molar-refractivity contribution in [2.75, 3.05) is 7.11 Å². The van der Waals surface area contributed by atoms with E-state index >= 15 is 0 Å². The summed E-state index contributed by atoms with van der Waals surface area (Å²) in [5, 5.41) is 0. The Labute approximate surface area is 126 Å². The Morgan fingerprint density at radius 3 is 2.60 bits per heavy atom.